The Hall–Kier alpha value is -3.62. The van der Waals surface area contributed by atoms with Gasteiger partial charge in [0.2, 0.25) is 5.91 Å². The molecule has 0 aliphatic rings. The Balaban J connectivity index is 4.13. The van der Waals surface area contributed by atoms with Crippen molar-refractivity contribution in [2.45, 2.75) is 334 Å². The van der Waals surface area contributed by atoms with E-state index in [9.17, 15) is 19.4 Å². The monoisotopic (exact) mass is 1300 g/mol. The molecule has 92 heavy (non-hydrogen) atoms. The second-order valence-electron chi connectivity index (χ2n) is 26.6. The van der Waals surface area contributed by atoms with E-state index >= 15 is 0 Å². The van der Waals surface area contributed by atoms with Crippen LogP contribution in [0.5, 0.6) is 0 Å². The molecule has 9 heteroatoms. The lowest BCUT2D eigenvalue weighted by Gasteiger charge is -2.29. The number of likely N-dealkylation sites (N-methyl/N-ethyl adjacent to an activating group) is 1. The highest BCUT2D eigenvalue weighted by atomic mass is 31.2. The van der Waals surface area contributed by atoms with Crippen molar-refractivity contribution in [2.24, 2.45) is 0 Å². The Morgan fingerprint density at radius 1 is 0.391 bits per heavy atom. The van der Waals surface area contributed by atoms with E-state index in [0.717, 1.165) is 122 Å². The van der Waals surface area contributed by atoms with Crippen LogP contribution >= 0.6 is 7.82 Å². The molecule has 3 atom stereocenters. The Morgan fingerprint density at radius 2 is 0.663 bits per heavy atom. The van der Waals surface area contributed by atoms with Crippen LogP contribution in [0.15, 0.2) is 146 Å². The van der Waals surface area contributed by atoms with E-state index in [1.165, 1.54) is 180 Å². The molecule has 0 spiro atoms. The van der Waals surface area contributed by atoms with E-state index in [1.807, 2.05) is 27.2 Å². The fraction of sp³-hybridized carbons (Fsp3) is 0.699. The summed E-state index contributed by atoms with van der Waals surface area (Å²) < 4.78 is 23.5. The van der Waals surface area contributed by atoms with Crippen molar-refractivity contribution in [3.05, 3.63) is 146 Å². The number of carbonyl (C=O) groups is 1. The van der Waals surface area contributed by atoms with Crippen LogP contribution in [0.4, 0.5) is 0 Å². The number of amides is 1. The van der Waals surface area contributed by atoms with Crippen molar-refractivity contribution in [2.75, 3.05) is 40.9 Å². The molecule has 8 nitrogen and oxygen atoms in total. The summed E-state index contributed by atoms with van der Waals surface area (Å²) in [5, 5.41) is 14.0. The highest BCUT2D eigenvalue weighted by Crippen LogP contribution is 2.38. The summed E-state index contributed by atoms with van der Waals surface area (Å²) in [7, 11) is 1.24. The Bertz CT molecular complexity index is 2020. The first-order chi connectivity index (χ1) is 45.0. The number of allylic oxidation sites excluding steroid dienone is 23. The van der Waals surface area contributed by atoms with Gasteiger partial charge in [0.1, 0.15) is 13.2 Å². The van der Waals surface area contributed by atoms with Gasteiger partial charge in [-0.3, -0.25) is 9.36 Å². The molecule has 1 amide bonds. The molecular formula is C83H145N2O6P. The van der Waals surface area contributed by atoms with Gasteiger partial charge in [0.05, 0.1) is 39.9 Å². The third-order valence-electron chi connectivity index (χ3n) is 16.6. The van der Waals surface area contributed by atoms with Crippen molar-refractivity contribution in [3.8, 4) is 0 Å². The van der Waals surface area contributed by atoms with E-state index in [4.69, 9.17) is 9.05 Å². The number of phosphoric ester groups is 1. The molecule has 2 N–H and O–H groups in total. The lowest BCUT2D eigenvalue weighted by molar-refractivity contribution is -0.870. The molecule has 0 aromatic carbocycles. The predicted octanol–water partition coefficient (Wildman–Crippen LogP) is 24.5. The first-order valence-corrected chi connectivity index (χ1v) is 39.7. The fourth-order valence-corrected chi connectivity index (χ4v) is 11.4. The third-order valence-corrected chi connectivity index (χ3v) is 17.5. The van der Waals surface area contributed by atoms with Gasteiger partial charge in [0.25, 0.3) is 7.82 Å². The molecule has 0 rings (SSSR count). The summed E-state index contributed by atoms with van der Waals surface area (Å²) in [5.74, 6) is -0.211. The molecule has 3 unspecified atom stereocenters. The van der Waals surface area contributed by atoms with Gasteiger partial charge >= 0.3 is 0 Å². The maximum absolute atomic E-state index is 13.1. The largest absolute Gasteiger partial charge is 0.756 e. The maximum Gasteiger partial charge on any atom is 0.268 e. The quantitative estimate of drug-likeness (QED) is 0.0272. The highest BCUT2D eigenvalue weighted by Gasteiger charge is 2.23. The summed E-state index contributed by atoms with van der Waals surface area (Å²) in [5.41, 5.74) is 0. The molecule has 0 aliphatic heterocycles. The van der Waals surface area contributed by atoms with Gasteiger partial charge in [0.15, 0.2) is 0 Å². The molecule has 0 aromatic rings. The molecule has 0 saturated heterocycles. The number of hydrogen-bond acceptors (Lipinski definition) is 6. The zero-order valence-corrected chi connectivity index (χ0v) is 61.4. The zero-order valence-electron chi connectivity index (χ0n) is 60.5. The van der Waals surface area contributed by atoms with E-state index in [-0.39, 0.29) is 12.5 Å². The van der Waals surface area contributed by atoms with Crippen molar-refractivity contribution in [1.29, 1.82) is 0 Å². The van der Waals surface area contributed by atoms with Crippen LogP contribution in [0.25, 0.3) is 0 Å². The van der Waals surface area contributed by atoms with E-state index in [1.54, 1.807) is 6.08 Å². The minimum Gasteiger partial charge on any atom is -0.756 e. The summed E-state index contributed by atoms with van der Waals surface area (Å²) in [4.78, 5) is 25.7. The third kappa shape index (κ3) is 73.8. The maximum atomic E-state index is 13.1. The smallest absolute Gasteiger partial charge is 0.268 e. The lowest BCUT2D eigenvalue weighted by Crippen LogP contribution is -2.45. The van der Waals surface area contributed by atoms with Crippen molar-refractivity contribution in [3.63, 3.8) is 0 Å². The minimum absolute atomic E-state index is 0.00972. The molecule has 528 valence electrons. The summed E-state index contributed by atoms with van der Waals surface area (Å²) in [6.07, 6.45) is 110. The average Bonchev–Trinajstić information content (AvgIpc) is 2.63. The number of hydrogen-bond donors (Lipinski definition) is 2. The number of unbranched alkanes of at least 4 members (excludes halogenated alkanes) is 34. The van der Waals surface area contributed by atoms with E-state index in [0.29, 0.717) is 17.4 Å². The van der Waals surface area contributed by atoms with Gasteiger partial charge in [-0.1, -0.05) is 359 Å². The second-order valence-corrected chi connectivity index (χ2v) is 28.0. The average molecular weight is 1300 g/mol. The van der Waals surface area contributed by atoms with Crippen molar-refractivity contribution in [1.82, 2.24) is 5.32 Å². The van der Waals surface area contributed by atoms with Crippen LogP contribution in [-0.2, 0) is 18.4 Å². The number of carbonyl (C=O) groups excluding carboxylic acids is 1. The minimum atomic E-state index is -4.62. The molecular weight excluding hydrogens is 1150 g/mol. The van der Waals surface area contributed by atoms with Gasteiger partial charge in [-0.2, -0.15) is 0 Å². The van der Waals surface area contributed by atoms with Gasteiger partial charge in [0, 0.05) is 6.42 Å². The molecule has 0 aliphatic carbocycles. The predicted molar refractivity (Wildman–Crippen MR) is 403 cm³/mol. The topological polar surface area (TPSA) is 108 Å². The van der Waals surface area contributed by atoms with Crippen LogP contribution in [0.1, 0.15) is 322 Å². The van der Waals surface area contributed by atoms with Crippen molar-refractivity contribution >= 4 is 13.7 Å². The zero-order chi connectivity index (χ0) is 66.9. The number of aliphatic hydroxyl groups is 1. The van der Waals surface area contributed by atoms with Gasteiger partial charge in [-0.15, -0.1) is 0 Å². The van der Waals surface area contributed by atoms with Gasteiger partial charge in [-0.25, -0.2) is 0 Å². The molecule has 0 heterocycles. The van der Waals surface area contributed by atoms with Crippen molar-refractivity contribution < 1.29 is 32.9 Å². The van der Waals surface area contributed by atoms with E-state index in [2.05, 4.69) is 153 Å². The SMILES string of the molecule is CC/C=C\C/C=C\C/C=C\C/C=C\C/C=C\C/C=C\C/C=C\C/C=C\C/C=C\C/C=C\C/C=C\CCCCCCCCCC(=O)NC(COP(=O)([O-])OCC[N+](C)(C)C)C(O)/C=C/CCCCCCCCCCCCCCCCCCCCCCCCCCCCC. The highest BCUT2D eigenvalue weighted by molar-refractivity contribution is 7.45. The first kappa shape index (κ1) is 88.4. The van der Waals surface area contributed by atoms with Crippen LogP contribution in [0.3, 0.4) is 0 Å². The van der Waals surface area contributed by atoms with Crippen LogP contribution in [0, 0.1) is 0 Å². The molecule has 0 fully saturated rings. The second kappa shape index (κ2) is 71.7. The molecule has 0 radical (unpaired) electrons. The Morgan fingerprint density at radius 3 is 0.967 bits per heavy atom. The normalized spacial score (nSPS) is 14.4. The first-order valence-electron chi connectivity index (χ1n) is 38.2. The molecule has 0 aromatic heterocycles. The van der Waals surface area contributed by atoms with Crippen LogP contribution < -0.4 is 10.2 Å². The standard InChI is InChI=1S/C83H145N2O6P/c1-6-8-10-12-14-16-18-20-22-24-26-28-30-32-34-36-37-38-39-40-41-42-43-44-45-46-47-49-51-53-55-57-59-61-63-65-67-69-71-73-75-77-83(87)84-81(80-91-92(88,89)90-79-78-85(3,4)5)82(86)76-74-72-70-68-66-64-62-60-58-56-54-52-50-48-35-33-31-29-27-25-23-21-19-17-15-13-11-9-7-2/h8,10,14,16,20,22,26,28,32,34,37-38,40-41,43-44,46-47,51,53,57,59,74,76,81-82,86H,6-7,9,11-13,15,17-19,21,23-25,27,29-31,33,35-36,39,42,45,48-50,52,54-56,58,60-73,75,77-80H2,1-5H3,(H-,84,87,88,89)/b10-8-,16-14-,22-20-,28-26-,34-32-,38-37-,41-40-,44-43-,47-46-,53-51-,59-57-,76-74+. The van der Waals surface area contributed by atoms with E-state index < -0.39 is 26.6 Å². The van der Waals surface area contributed by atoms with Gasteiger partial charge in [-0.05, 0) is 103 Å². The lowest BCUT2D eigenvalue weighted by atomic mass is 10.0. The summed E-state index contributed by atoms with van der Waals surface area (Å²) in [6, 6.07) is -0.905. The van der Waals surface area contributed by atoms with Crippen LogP contribution in [-0.4, -0.2) is 68.5 Å². The van der Waals surface area contributed by atoms with Crippen LogP contribution in [0.2, 0.25) is 0 Å². The Kier molecular flexibility index (Phi) is 68.8. The van der Waals surface area contributed by atoms with Gasteiger partial charge < -0.3 is 28.8 Å². The Labute approximate surface area is 569 Å². The number of quaternary nitrogens is 1. The molecule has 0 saturated carbocycles. The number of phosphoric acid groups is 1. The molecule has 0 bridgehead atoms. The number of nitrogens with one attached hydrogen (secondary N) is 1. The summed E-state index contributed by atoms with van der Waals surface area (Å²) in [6.45, 7) is 4.55. The number of aliphatic hydroxyl groups excluding tert-OH is 1. The number of rotatable bonds is 69. The number of nitrogens with zero attached hydrogens (tertiary/aromatic N) is 1. The summed E-state index contributed by atoms with van der Waals surface area (Å²) >= 11 is 0. The fourth-order valence-electron chi connectivity index (χ4n) is 10.7.